The average molecular weight is 196 g/mol. The van der Waals surface area contributed by atoms with Crippen LogP contribution >= 0.6 is 0 Å². The molecule has 1 fully saturated rings. The minimum absolute atomic E-state index is 0.988. The second-order valence-electron chi connectivity index (χ2n) is 5.49. The molecule has 1 rings (SSSR count). The molecule has 2 unspecified atom stereocenters. The average Bonchev–Trinajstić information content (AvgIpc) is 2.14. The van der Waals surface area contributed by atoms with Crippen molar-refractivity contribution < 1.29 is 0 Å². The summed E-state index contributed by atoms with van der Waals surface area (Å²) >= 11 is 0. The molecule has 1 saturated carbocycles. The second kappa shape index (κ2) is 7.31. The minimum Gasteiger partial charge on any atom is -0.0625 e. The first kappa shape index (κ1) is 12.1. The van der Waals surface area contributed by atoms with Crippen LogP contribution in [-0.2, 0) is 0 Å². The normalized spacial score (nSPS) is 33.0. The third kappa shape index (κ3) is 5.67. The Bertz CT molecular complexity index is 114. The molecule has 0 radical (unpaired) electrons. The molecule has 0 heteroatoms. The highest BCUT2D eigenvalue weighted by atomic mass is 14.1. The van der Waals surface area contributed by atoms with Gasteiger partial charge in [0.1, 0.15) is 0 Å². The predicted molar refractivity (Wildman–Crippen MR) is 64.5 cm³/mol. The molecule has 2 atom stereocenters. The molecule has 84 valence electrons. The van der Waals surface area contributed by atoms with Gasteiger partial charge in [-0.25, -0.2) is 0 Å². The van der Waals surface area contributed by atoms with Crippen LogP contribution in [0.25, 0.3) is 0 Å². The molecule has 0 saturated heterocycles. The lowest BCUT2D eigenvalue weighted by Gasteiger charge is -2.16. The molecule has 0 aromatic rings. The Labute approximate surface area is 90.5 Å². The molecule has 1 aliphatic rings. The maximum absolute atomic E-state index is 2.44. The van der Waals surface area contributed by atoms with E-state index in [0.29, 0.717) is 0 Å². The van der Waals surface area contributed by atoms with Gasteiger partial charge in [-0.2, -0.15) is 0 Å². The third-order valence-corrected chi connectivity index (χ3v) is 3.79. The zero-order valence-electron chi connectivity index (χ0n) is 10.2. The Balaban J connectivity index is 2.21. The van der Waals surface area contributed by atoms with E-state index in [1.165, 1.54) is 64.2 Å². The maximum Gasteiger partial charge on any atom is -0.0443 e. The summed E-state index contributed by atoms with van der Waals surface area (Å²) < 4.78 is 0. The molecule has 0 aromatic carbocycles. The van der Waals surface area contributed by atoms with Crippen molar-refractivity contribution >= 4 is 0 Å². The van der Waals surface area contributed by atoms with Crippen LogP contribution in [0, 0.1) is 11.8 Å². The first-order valence-electron chi connectivity index (χ1n) is 6.79. The molecule has 1 aliphatic carbocycles. The lowest BCUT2D eigenvalue weighted by Crippen LogP contribution is -2.00. The van der Waals surface area contributed by atoms with Crippen molar-refractivity contribution in [3.63, 3.8) is 0 Å². The van der Waals surface area contributed by atoms with Crippen LogP contribution in [0.1, 0.15) is 78.1 Å². The highest BCUT2D eigenvalue weighted by Crippen LogP contribution is 2.22. The van der Waals surface area contributed by atoms with Crippen LogP contribution in [0.4, 0.5) is 0 Å². The molecule has 0 bridgehead atoms. The van der Waals surface area contributed by atoms with E-state index in [4.69, 9.17) is 0 Å². The van der Waals surface area contributed by atoms with Crippen LogP contribution < -0.4 is 0 Å². The summed E-state index contributed by atoms with van der Waals surface area (Å²) in [5.41, 5.74) is 0. The monoisotopic (exact) mass is 196 g/mol. The standard InChI is InChI=1S/C14H28/c1-13-9-6-4-3-5-7-10-14(2)12-8-11-13/h13-14H,3-12H2,1-2H3. The van der Waals surface area contributed by atoms with Gasteiger partial charge < -0.3 is 0 Å². The van der Waals surface area contributed by atoms with Gasteiger partial charge in [0, 0.05) is 0 Å². The first-order valence-corrected chi connectivity index (χ1v) is 6.79. The Hall–Kier alpha value is 0. The highest BCUT2D eigenvalue weighted by Gasteiger charge is 2.07. The van der Waals surface area contributed by atoms with Gasteiger partial charge in [-0.15, -0.1) is 0 Å². The zero-order chi connectivity index (χ0) is 10.2. The van der Waals surface area contributed by atoms with E-state index < -0.39 is 0 Å². The number of hydrogen-bond acceptors (Lipinski definition) is 0. The smallest absolute Gasteiger partial charge is 0.0443 e. The Morgan fingerprint density at radius 2 is 0.857 bits per heavy atom. The molecule has 0 spiro atoms. The van der Waals surface area contributed by atoms with E-state index in [-0.39, 0.29) is 0 Å². The summed E-state index contributed by atoms with van der Waals surface area (Å²) in [4.78, 5) is 0. The fraction of sp³-hybridized carbons (Fsp3) is 1.00. The highest BCUT2D eigenvalue weighted by molar-refractivity contribution is 4.60. The van der Waals surface area contributed by atoms with Crippen LogP contribution in [0.2, 0.25) is 0 Å². The van der Waals surface area contributed by atoms with Crippen molar-refractivity contribution in [1.29, 1.82) is 0 Å². The molecule has 14 heavy (non-hydrogen) atoms. The number of rotatable bonds is 0. The summed E-state index contributed by atoms with van der Waals surface area (Å²) in [6.07, 6.45) is 14.8. The van der Waals surface area contributed by atoms with Gasteiger partial charge in [0.05, 0.1) is 0 Å². The van der Waals surface area contributed by atoms with Crippen molar-refractivity contribution in [2.75, 3.05) is 0 Å². The Kier molecular flexibility index (Phi) is 6.31. The van der Waals surface area contributed by atoms with Crippen molar-refractivity contribution in [2.45, 2.75) is 78.1 Å². The van der Waals surface area contributed by atoms with Gasteiger partial charge in [0.2, 0.25) is 0 Å². The predicted octanol–water partition coefficient (Wildman–Crippen LogP) is 5.17. The summed E-state index contributed by atoms with van der Waals surface area (Å²) in [5, 5.41) is 0. The van der Waals surface area contributed by atoms with Gasteiger partial charge in [-0.05, 0) is 11.8 Å². The van der Waals surface area contributed by atoms with Crippen LogP contribution in [0.5, 0.6) is 0 Å². The summed E-state index contributed by atoms with van der Waals surface area (Å²) in [7, 11) is 0. The molecular weight excluding hydrogens is 168 g/mol. The van der Waals surface area contributed by atoms with Gasteiger partial charge in [0.15, 0.2) is 0 Å². The molecule has 0 aliphatic heterocycles. The van der Waals surface area contributed by atoms with E-state index in [1.54, 1.807) is 0 Å². The largest absolute Gasteiger partial charge is 0.0625 e. The van der Waals surface area contributed by atoms with Crippen LogP contribution in [-0.4, -0.2) is 0 Å². The summed E-state index contributed by atoms with van der Waals surface area (Å²) in [5.74, 6) is 1.98. The Morgan fingerprint density at radius 3 is 1.36 bits per heavy atom. The van der Waals surface area contributed by atoms with Gasteiger partial charge in [-0.3, -0.25) is 0 Å². The third-order valence-electron chi connectivity index (χ3n) is 3.79. The summed E-state index contributed by atoms with van der Waals surface area (Å²) in [6, 6.07) is 0. The van der Waals surface area contributed by atoms with Gasteiger partial charge in [0.25, 0.3) is 0 Å². The molecule has 0 heterocycles. The second-order valence-corrected chi connectivity index (χ2v) is 5.49. The molecule has 0 aromatic heterocycles. The molecule has 0 amide bonds. The lowest BCUT2D eigenvalue weighted by atomic mass is 9.91. The lowest BCUT2D eigenvalue weighted by molar-refractivity contribution is 0.378. The van der Waals surface area contributed by atoms with E-state index in [1.807, 2.05) is 0 Å². The first-order chi connectivity index (χ1) is 6.79. The SMILES string of the molecule is CC1CCCCCCCC(C)CCC1. The van der Waals surface area contributed by atoms with Crippen molar-refractivity contribution in [1.82, 2.24) is 0 Å². The minimum atomic E-state index is 0.988. The van der Waals surface area contributed by atoms with Crippen LogP contribution in [0.15, 0.2) is 0 Å². The van der Waals surface area contributed by atoms with E-state index in [0.717, 1.165) is 11.8 Å². The summed E-state index contributed by atoms with van der Waals surface area (Å²) in [6.45, 7) is 4.88. The quantitative estimate of drug-likeness (QED) is 0.501. The fourth-order valence-corrected chi connectivity index (χ4v) is 2.62. The number of hydrogen-bond donors (Lipinski definition) is 0. The Morgan fingerprint density at radius 1 is 0.500 bits per heavy atom. The maximum atomic E-state index is 2.44. The molecule has 0 nitrogen and oxygen atoms in total. The van der Waals surface area contributed by atoms with Crippen molar-refractivity contribution in [2.24, 2.45) is 11.8 Å². The molecule has 0 N–H and O–H groups in total. The van der Waals surface area contributed by atoms with E-state index >= 15 is 0 Å². The van der Waals surface area contributed by atoms with Gasteiger partial charge >= 0.3 is 0 Å². The topological polar surface area (TPSA) is 0 Å². The van der Waals surface area contributed by atoms with E-state index in [2.05, 4.69) is 13.8 Å². The van der Waals surface area contributed by atoms with Gasteiger partial charge in [-0.1, -0.05) is 78.1 Å². The zero-order valence-corrected chi connectivity index (χ0v) is 10.2. The van der Waals surface area contributed by atoms with Crippen molar-refractivity contribution in [3.8, 4) is 0 Å². The molecular formula is C14H28. The van der Waals surface area contributed by atoms with Crippen LogP contribution in [0.3, 0.4) is 0 Å². The fourth-order valence-electron chi connectivity index (χ4n) is 2.62. The van der Waals surface area contributed by atoms with E-state index in [9.17, 15) is 0 Å². The van der Waals surface area contributed by atoms with Crippen molar-refractivity contribution in [3.05, 3.63) is 0 Å².